The molecule has 19 heavy (non-hydrogen) atoms. The topological polar surface area (TPSA) is 59.7 Å². The Morgan fingerprint density at radius 1 is 1.37 bits per heavy atom. The van der Waals surface area contributed by atoms with Crippen molar-refractivity contribution in [3.8, 4) is 0 Å². The monoisotopic (exact) mass is 260 g/mol. The lowest BCUT2D eigenvalue weighted by atomic mass is 9.74. The van der Waals surface area contributed by atoms with Gasteiger partial charge in [0.15, 0.2) is 0 Å². The quantitative estimate of drug-likeness (QED) is 0.830. The fourth-order valence-corrected chi connectivity index (χ4v) is 2.63. The minimum atomic E-state index is -0.870. The third kappa shape index (κ3) is 1.92. The van der Waals surface area contributed by atoms with Crippen LogP contribution in [0.3, 0.4) is 0 Å². The number of esters is 1. The van der Waals surface area contributed by atoms with Crippen molar-refractivity contribution in [3.05, 3.63) is 41.6 Å². The Morgan fingerprint density at radius 3 is 2.79 bits per heavy atom. The van der Waals surface area contributed by atoms with E-state index in [0.717, 1.165) is 11.1 Å². The van der Waals surface area contributed by atoms with Gasteiger partial charge in [-0.05, 0) is 18.1 Å². The molecule has 0 aromatic carbocycles. The van der Waals surface area contributed by atoms with Crippen molar-refractivity contribution in [2.75, 3.05) is 0 Å². The molecule has 1 atom stereocenters. The molecule has 1 N–H and O–H groups in total. The predicted molar refractivity (Wildman–Crippen MR) is 68.8 cm³/mol. The maximum atomic E-state index is 11.5. The molecule has 0 saturated carbocycles. The molecule has 0 spiro atoms. The smallest absolute Gasteiger partial charge is 0.336 e. The molecule has 4 nitrogen and oxygen atoms in total. The van der Waals surface area contributed by atoms with E-state index < -0.39 is 5.60 Å². The van der Waals surface area contributed by atoms with Gasteiger partial charge in [-0.3, -0.25) is 0 Å². The first-order valence-electron chi connectivity index (χ1n) is 6.42. The standard InChI is InChI=1S/C15H16O4/c1-9(2)15(17)7-10-6-13(16)19-14(10)11(8-15)12-4-3-5-18-12/h3-6,9,17H,7-8H2,1-2H3. The number of carbonyl (C=O) groups excluding carboxylic acids is 1. The maximum Gasteiger partial charge on any atom is 0.336 e. The van der Waals surface area contributed by atoms with E-state index in [1.54, 1.807) is 12.3 Å². The molecule has 2 aliphatic rings. The van der Waals surface area contributed by atoms with Crippen molar-refractivity contribution in [1.29, 1.82) is 0 Å². The molecule has 1 aliphatic heterocycles. The van der Waals surface area contributed by atoms with E-state index in [-0.39, 0.29) is 11.9 Å². The highest BCUT2D eigenvalue weighted by atomic mass is 16.5. The van der Waals surface area contributed by atoms with Gasteiger partial charge >= 0.3 is 5.97 Å². The summed E-state index contributed by atoms with van der Waals surface area (Å²) < 4.78 is 10.7. The first-order chi connectivity index (χ1) is 8.99. The van der Waals surface area contributed by atoms with Crippen LogP contribution in [-0.2, 0) is 9.53 Å². The maximum absolute atomic E-state index is 11.5. The van der Waals surface area contributed by atoms with Crippen LogP contribution in [0.4, 0.5) is 0 Å². The van der Waals surface area contributed by atoms with Gasteiger partial charge in [0.1, 0.15) is 11.5 Å². The SMILES string of the molecule is CC(C)C1(O)CC2=CC(=O)OC2=C(c2ccco2)C1. The zero-order valence-electron chi connectivity index (χ0n) is 11.0. The van der Waals surface area contributed by atoms with Crippen molar-refractivity contribution in [2.45, 2.75) is 32.3 Å². The van der Waals surface area contributed by atoms with Crippen LogP contribution >= 0.6 is 0 Å². The van der Waals surface area contributed by atoms with E-state index in [2.05, 4.69) is 0 Å². The van der Waals surface area contributed by atoms with Gasteiger partial charge in [0.05, 0.1) is 11.9 Å². The van der Waals surface area contributed by atoms with Crippen molar-refractivity contribution in [1.82, 2.24) is 0 Å². The van der Waals surface area contributed by atoms with Gasteiger partial charge in [-0.1, -0.05) is 13.8 Å². The Balaban J connectivity index is 2.11. The van der Waals surface area contributed by atoms with E-state index in [1.165, 1.54) is 6.08 Å². The number of carbonyl (C=O) groups is 1. The summed E-state index contributed by atoms with van der Waals surface area (Å²) in [5.74, 6) is 0.914. The summed E-state index contributed by atoms with van der Waals surface area (Å²) in [5, 5.41) is 10.8. The van der Waals surface area contributed by atoms with Crippen LogP contribution in [0.25, 0.3) is 5.57 Å². The molecular weight excluding hydrogens is 244 g/mol. The van der Waals surface area contributed by atoms with Crippen molar-refractivity contribution >= 4 is 11.5 Å². The summed E-state index contributed by atoms with van der Waals surface area (Å²) in [5.41, 5.74) is 0.661. The predicted octanol–water partition coefficient (Wildman–Crippen LogP) is 2.65. The highest BCUT2D eigenvalue weighted by molar-refractivity contribution is 5.92. The average molecular weight is 260 g/mol. The molecule has 2 heterocycles. The Hall–Kier alpha value is -1.81. The van der Waals surface area contributed by atoms with E-state index in [4.69, 9.17) is 9.15 Å². The fourth-order valence-electron chi connectivity index (χ4n) is 2.63. The van der Waals surface area contributed by atoms with Crippen LogP contribution in [-0.4, -0.2) is 16.7 Å². The number of hydrogen-bond acceptors (Lipinski definition) is 4. The minimum Gasteiger partial charge on any atom is -0.465 e. The molecule has 0 saturated heterocycles. The van der Waals surface area contributed by atoms with Gasteiger partial charge in [0.25, 0.3) is 0 Å². The number of fused-ring (bicyclic) bond motifs is 1. The lowest BCUT2D eigenvalue weighted by Gasteiger charge is -2.37. The van der Waals surface area contributed by atoms with Crippen molar-refractivity contribution < 1.29 is 19.1 Å². The zero-order chi connectivity index (χ0) is 13.6. The Morgan fingerprint density at radius 2 is 2.16 bits per heavy atom. The Labute approximate surface area is 111 Å². The molecule has 3 rings (SSSR count). The highest BCUT2D eigenvalue weighted by Gasteiger charge is 2.43. The van der Waals surface area contributed by atoms with E-state index in [1.807, 2.05) is 19.9 Å². The number of aliphatic hydroxyl groups is 1. The molecular formula is C15H16O4. The minimum absolute atomic E-state index is 0.0793. The van der Waals surface area contributed by atoms with Crippen LogP contribution < -0.4 is 0 Å². The largest absolute Gasteiger partial charge is 0.465 e. The molecule has 0 radical (unpaired) electrons. The number of ether oxygens (including phenoxy) is 1. The number of hydrogen-bond donors (Lipinski definition) is 1. The average Bonchev–Trinajstić information content (AvgIpc) is 2.95. The first kappa shape index (κ1) is 12.2. The van der Waals surface area contributed by atoms with Gasteiger partial charge in [-0.2, -0.15) is 0 Å². The van der Waals surface area contributed by atoms with Crippen LogP contribution in [0.1, 0.15) is 32.4 Å². The number of allylic oxidation sites excluding steroid dienone is 1. The summed E-state index contributed by atoms with van der Waals surface area (Å²) in [6.07, 6.45) is 3.91. The number of rotatable bonds is 2. The fraction of sp³-hybridized carbons (Fsp3) is 0.400. The van der Waals surface area contributed by atoms with Crippen LogP contribution in [0.5, 0.6) is 0 Å². The van der Waals surface area contributed by atoms with Gasteiger partial charge in [0.2, 0.25) is 0 Å². The Kier molecular flexibility index (Phi) is 2.64. The molecule has 1 unspecified atom stereocenters. The molecule has 100 valence electrons. The van der Waals surface area contributed by atoms with Crippen LogP contribution in [0.2, 0.25) is 0 Å². The van der Waals surface area contributed by atoms with E-state index in [9.17, 15) is 9.90 Å². The van der Waals surface area contributed by atoms with Gasteiger partial charge in [-0.15, -0.1) is 0 Å². The summed E-state index contributed by atoms with van der Waals surface area (Å²) >= 11 is 0. The summed E-state index contributed by atoms with van der Waals surface area (Å²) in [4.78, 5) is 11.5. The molecule has 0 amide bonds. The van der Waals surface area contributed by atoms with E-state index >= 15 is 0 Å². The van der Waals surface area contributed by atoms with Crippen LogP contribution in [0.15, 0.2) is 40.2 Å². The highest BCUT2D eigenvalue weighted by Crippen LogP contribution is 2.46. The second-order valence-corrected chi connectivity index (χ2v) is 5.49. The van der Waals surface area contributed by atoms with Gasteiger partial charge < -0.3 is 14.3 Å². The van der Waals surface area contributed by atoms with Crippen molar-refractivity contribution in [3.63, 3.8) is 0 Å². The number of furan rings is 1. The summed E-state index contributed by atoms with van der Waals surface area (Å²) in [6.45, 7) is 3.95. The Bertz CT molecular complexity index is 577. The lowest BCUT2D eigenvalue weighted by Crippen LogP contribution is -2.38. The molecule has 1 aromatic rings. The first-order valence-corrected chi connectivity index (χ1v) is 6.42. The third-order valence-electron chi connectivity index (χ3n) is 3.93. The van der Waals surface area contributed by atoms with Gasteiger partial charge in [-0.25, -0.2) is 4.79 Å². The lowest BCUT2D eigenvalue weighted by molar-refractivity contribution is -0.132. The third-order valence-corrected chi connectivity index (χ3v) is 3.93. The van der Waals surface area contributed by atoms with Crippen LogP contribution in [0, 0.1) is 5.92 Å². The zero-order valence-corrected chi connectivity index (χ0v) is 11.0. The molecule has 4 heteroatoms. The summed E-state index contributed by atoms with van der Waals surface area (Å²) in [6, 6.07) is 3.60. The molecule has 0 fully saturated rings. The van der Waals surface area contributed by atoms with Gasteiger partial charge in [0, 0.05) is 30.1 Å². The normalized spacial score (nSPS) is 26.5. The van der Waals surface area contributed by atoms with Crippen molar-refractivity contribution in [2.24, 2.45) is 5.92 Å². The summed E-state index contributed by atoms with van der Waals surface area (Å²) in [7, 11) is 0. The van der Waals surface area contributed by atoms with E-state index in [0.29, 0.717) is 24.4 Å². The molecule has 1 aliphatic carbocycles. The second-order valence-electron chi connectivity index (χ2n) is 5.49. The second kappa shape index (κ2) is 4.10. The molecule has 1 aromatic heterocycles. The molecule has 0 bridgehead atoms.